The molecule has 0 spiro atoms. The van der Waals surface area contributed by atoms with E-state index >= 15 is 0 Å². The molecule has 2 heterocycles. The fourth-order valence-corrected chi connectivity index (χ4v) is 1.92. The number of anilines is 1. The zero-order valence-corrected chi connectivity index (χ0v) is 7.64. The van der Waals surface area contributed by atoms with E-state index in [0.29, 0.717) is 0 Å². The third-order valence-corrected chi connectivity index (χ3v) is 2.59. The van der Waals surface area contributed by atoms with Crippen LogP contribution in [0.4, 0.5) is 5.69 Å². The zero-order chi connectivity index (χ0) is 9.54. The van der Waals surface area contributed by atoms with Gasteiger partial charge in [0, 0.05) is 11.6 Å². The Morgan fingerprint density at radius 2 is 1.57 bits per heavy atom. The molecular formula is C12H10N2. The number of nitrogen functional groups attached to an aromatic ring is 1. The topological polar surface area (TPSA) is 30.4 Å². The normalized spacial score (nSPS) is 11.1. The van der Waals surface area contributed by atoms with Crippen molar-refractivity contribution in [3.05, 3.63) is 48.7 Å². The molecule has 2 aromatic heterocycles. The van der Waals surface area contributed by atoms with Crippen LogP contribution in [-0.2, 0) is 0 Å². The Bertz CT molecular complexity index is 555. The predicted octanol–water partition coefficient (Wildman–Crippen LogP) is 2.67. The molecule has 3 rings (SSSR count). The molecule has 2 nitrogen and oxygen atoms in total. The first-order chi connectivity index (χ1) is 6.88. The number of fused-ring (bicyclic) bond motifs is 3. The summed E-state index contributed by atoms with van der Waals surface area (Å²) in [5, 5.41) is 1.12. The van der Waals surface area contributed by atoms with Gasteiger partial charge in [-0.25, -0.2) is 0 Å². The van der Waals surface area contributed by atoms with Crippen LogP contribution in [0.2, 0.25) is 0 Å². The van der Waals surface area contributed by atoms with Gasteiger partial charge in [0.1, 0.15) is 0 Å². The second kappa shape index (κ2) is 2.51. The Morgan fingerprint density at radius 1 is 0.857 bits per heavy atom. The van der Waals surface area contributed by atoms with E-state index in [9.17, 15) is 0 Å². The van der Waals surface area contributed by atoms with Crippen LogP contribution in [0.15, 0.2) is 48.7 Å². The van der Waals surface area contributed by atoms with Crippen LogP contribution in [0.3, 0.4) is 0 Å². The summed E-state index contributed by atoms with van der Waals surface area (Å²) in [7, 11) is 0. The second-order valence-corrected chi connectivity index (χ2v) is 3.39. The van der Waals surface area contributed by atoms with E-state index < -0.39 is 0 Å². The van der Waals surface area contributed by atoms with Crippen molar-refractivity contribution in [2.45, 2.75) is 0 Å². The van der Waals surface area contributed by atoms with E-state index in [1.54, 1.807) is 0 Å². The number of benzene rings is 1. The van der Waals surface area contributed by atoms with Crippen molar-refractivity contribution in [2.75, 3.05) is 5.73 Å². The van der Waals surface area contributed by atoms with Crippen molar-refractivity contribution in [3.8, 4) is 0 Å². The van der Waals surface area contributed by atoms with Gasteiger partial charge in [0.2, 0.25) is 0 Å². The molecule has 0 fully saturated rings. The number of hydrogen-bond donors (Lipinski definition) is 1. The maximum atomic E-state index is 6.05. The van der Waals surface area contributed by atoms with Crippen LogP contribution >= 0.6 is 0 Å². The Morgan fingerprint density at radius 3 is 2.50 bits per heavy atom. The highest BCUT2D eigenvalue weighted by atomic mass is 14.9. The van der Waals surface area contributed by atoms with Crippen molar-refractivity contribution in [3.63, 3.8) is 0 Å². The summed E-state index contributed by atoms with van der Waals surface area (Å²) < 4.78 is 2.12. The highest BCUT2D eigenvalue weighted by Gasteiger charge is 2.05. The van der Waals surface area contributed by atoms with Crippen LogP contribution in [0, 0.1) is 0 Å². The van der Waals surface area contributed by atoms with Gasteiger partial charge in [-0.2, -0.15) is 0 Å². The molecule has 0 radical (unpaired) electrons. The van der Waals surface area contributed by atoms with Crippen molar-refractivity contribution in [1.82, 2.24) is 4.40 Å². The minimum absolute atomic E-state index is 0.862. The molecule has 0 aliphatic rings. The monoisotopic (exact) mass is 182 g/mol. The van der Waals surface area contributed by atoms with Gasteiger partial charge in [0.15, 0.2) is 0 Å². The van der Waals surface area contributed by atoms with Crippen LogP contribution in [-0.4, -0.2) is 4.40 Å². The number of pyridine rings is 1. The molecule has 0 bridgehead atoms. The number of nitrogens with two attached hydrogens (primary N) is 1. The average molecular weight is 182 g/mol. The SMILES string of the molecule is Nc1c2ccccc2n2ccccc12. The zero-order valence-electron chi connectivity index (χ0n) is 7.64. The first kappa shape index (κ1) is 7.44. The second-order valence-electron chi connectivity index (χ2n) is 3.39. The maximum Gasteiger partial charge on any atom is 0.0692 e. The smallest absolute Gasteiger partial charge is 0.0692 e. The van der Waals surface area contributed by atoms with E-state index in [1.807, 2.05) is 36.5 Å². The molecule has 0 amide bonds. The van der Waals surface area contributed by atoms with Crippen LogP contribution in [0.1, 0.15) is 0 Å². The largest absolute Gasteiger partial charge is 0.396 e. The van der Waals surface area contributed by atoms with Crippen molar-refractivity contribution in [1.29, 1.82) is 0 Å². The van der Waals surface area contributed by atoms with Gasteiger partial charge in [-0.15, -0.1) is 0 Å². The van der Waals surface area contributed by atoms with Gasteiger partial charge in [0.25, 0.3) is 0 Å². The summed E-state index contributed by atoms with van der Waals surface area (Å²) in [6.07, 6.45) is 2.04. The molecule has 14 heavy (non-hydrogen) atoms. The molecule has 0 atom stereocenters. The number of nitrogens with zero attached hydrogens (tertiary/aromatic N) is 1. The minimum Gasteiger partial charge on any atom is -0.396 e. The molecule has 68 valence electrons. The number of hydrogen-bond acceptors (Lipinski definition) is 1. The molecule has 0 aliphatic heterocycles. The quantitative estimate of drug-likeness (QED) is 0.569. The van der Waals surface area contributed by atoms with Gasteiger partial charge < -0.3 is 10.1 Å². The number of aromatic nitrogens is 1. The highest BCUT2D eigenvalue weighted by molar-refractivity contribution is 6.01. The summed E-state index contributed by atoms with van der Waals surface area (Å²) in [5.74, 6) is 0. The fraction of sp³-hybridized carbons (Fsp3) is 0. The highest BCUT2D eigenvalue weighted by Crippen LogP contribution is 2.27. The molecule has 1 aromatic carbocycles. The predicted molar refractivity (Wildman–Crippen MR) is 59.3 cm³/mol. The Hall–Kier alpha value is -1.96. The minimum atomic E-state index is 0.862. The summed E-state index contributed by atoms with van der Waals surface area (Å²) in [6, 6.07) is 14.2. The summed E-state index contributed by atoms with van der Waals surface area (Å²) in [6.45, 7) is 0. The third kappa shape index (κ3) is 0.799. The summed E-state index contributed by atoms with van der Waals surface area (Å²) >= 11 is 0. The van der Waals surface area contributed by atoms with Gasteiger partial charge in [-0.1, -0.05) is 24.3 Å². The van der Waals surface area contributed by atoms with Gasteiger partial charge in [-0.3, -0.25) is 0 Å². The Balaban J connectivity index is 2.69. The maximum absolute atomic E-state index is 6.05. The van der Waals surface area contributed by atoms with E-state index in [-0.39, 0.29) is 0 Å². The first-order valence-electron chi connectivity index (χ1n) is 4.61. The molecule has 2 N–H and O–H groups in total. The van der Waals surface area contributed by atoms with E-state index in [2.05, 4.69) is 16.5 Å². The van der Waals surface area contributed by atoms with Crippen LogP contribution in [0.5, 0.6) is 0 Å². The van der Waals surface area contributed by atoms with Gasteiger partial charge in [0.05, 0.1) is 16.7 Å². The average Bonchev–Trinajstić information content (AvgIpc) is 2.55. The lowest BCUT2D eigenvalue weighted by Gasteiger charge is -1.94. The number of para-hydroxylation sites is 1. The molecule has 0 aliphatic carbocycles. The van der Waals surface area contributed by atoms with E-state index in [0.717, 1.165) is 16.6 Å². The molecular weight excluding hydrogens is 172 g/mol. The lowest BCUT2D eigenvalue weighted by Crippen LogP contribution is -1.84. The Labute approximate surface area is 81.6 Å². The molecule has 0 saturated heterocycles. The van der Waals surface area contributed by atoms with Crippen LogP contribution in [0.25, 0.3) is 16.4 Å². The third-order valence-electron chi connectivity index (χ3n) is 2.59. The van der Waals surface area contributed by atoms with Crippen molar-refractivity contribution >= 4 is 22.1 Å². The molecule has 3 aromatic rings. The first-order valence-corrected chi connectivity index (χ1v) is 4.61. The van der Waals surface area contributed by atoms with Gasteiger partial charge >= 0.3 is 0 Å². The van der Waals surface area contributed by atoms with Crippen molar-refractivity contribution in [2.24, 2.45) is 0 Å². The van der Waals surface area contributed by atoms with Crippen molar-refractivity contribution < 1.29 is 0 Å². The molecule has 0 saturated carbocycles. The fourth-order valence-electron chi connectivity index (χ4n) is 1.92. The van der Waals surface area contributed by atoms with E-state index in [4.69, 9.17) is 5.73 Å². The molecule has 2 heteroatoms. The lowest BCUT2D eigenvalue weighted by atomic mass is 10.2. The van der Waals surface area contributed by atoms with E-state index in [1.165, 1.54) is 5.52 Å². The summed E-state index contributed by atoms with van der Waals surface area (Å²) in [5.41, 5.74) is 9.16. The Kier molecular flexibility index (Phi) is 1.34. The summed E-state index contributed by atoms with van der Waals surface area (Å²) in [4.78, 5) is 0. The van der Waals surface area contributed by atoms with Crippen LogP contribution < -0.4 is 5.73 Å². The standard InChI is InChI=1S/C12H10N2/c13-12-9-5-1-2-6-10(9)14-8-4-3-7-11(12)14/h1-8H,13H2. The van der Waals surface area contributed by atoms with Gasteiger partial charge in [-0.05, 0) is 18.2 Å². The molecule has 0 unspecified atom stereocenters. The lowest BCUT2D eigenvalue weighted by molar-refractivity contribution is 1.25. The number of rotatable bonds is 0.